The zero-order chi connectivity index (χ0) is 14.8. The van der Waals surface area contributed by atoms with E-state index in [-0.39, 0.29) is 0 Å². The zero-order valence-electron chi connectivity index (χ0n) is 12.6. The fourth-order valence-corrected chi connectivity index (χ4v) is 2.52. The summed E-state index contributed by atoms with van der Waals surface area (Å²) in [7, 11) is 2.14. The van der Waals surface area contributed by atoms with Crippen LogP contribution >= 0.6 is 0 Å². The van der Waals surface area contributed by atoms with Gasteiger partial charge in [-0.25, -0.2) is 4.98 Å². The molecule has 1 aliphatic rings. The number of likely N-dealkylation sites (N-methyl/N-ethyl adjacent to an activating group) is 1. The van der Waals surface area contributed by atoms with Crippen LogP contribution < -0.4 is 10.6 Å². The molecule has 0 saturated carbocycles. The van der Waals surface area contributed by atoms with E-state index in [0.29, 0.717) is 5.95 Å². The molecule has 3 rings (SSSR count). The molecule has 1 aliphatic heterocycles. The first-order valence-electron chi connectivity index (χ1n) is 7.27. The summed E-state index contributed by atoms with van der Waals surface area (Å²) in [5.74, 6) is 1.26. The van der Waals surface area contributed by atoms with E-state index in [2.05, 4.69) is 58.0 Å². The summed E-state index contributed by atoms with van der Waals surface area (Å²) in [6.07, 6.45) is 0. The number of aryl methyl sites for hydroxylation is 1. The van der Waals surface area contributed by atoms with E-state index in [1.165, 1.54) is 5.56 Å². The monoisotopic (exact) mass is 283 g/mol. The van der Waals surface area contributed by atoms with Crippen molar-refractivity contribution in [2.75, 3.05) is 43.9 Å². The van der Waals surface area contributed by atoms with Crippen LogP contribution in [0.3, 0.4) is 0 Å². The van der Waals surface area contributed by atoms with Crippen molar-refractivity contribution in [3.63, 3.8) is 0 Å². The smallest absolute Gasteiger partial charge is 0.222 e. The van der Waals surface area contributed by atoms with Crippen molar-refractivity contribution in [3.8, 4) is 11.3 Å². The van der Waals surface area contributed by atoms with E-state index in [0.717, 1.165) is 43.3 Å². The van der Waals surface area contributed by atoms with Gasteiger partial charge in [0.15, 0.2) is 0 Å². The van der Waals surface area contributed by atoms with E-state index >= 15 is 0 Å². The number of hydrogen-bond donors (Lipinski definition) is 1. The number of benzene rings is 1. The first-order valence-corrected chi connectivity index (χ1v) is 7.27. The van der Waals surface area contributed by atoms with Gasteiger partial charge >= 0.3 is 0 Å². The van der Waals surface area contributed by atoms with E-state index in [9.17, 15) is 0 Å². The largest absolute Gasteiger partial charge is 0.368 e. The lowest BCUT2D eigenvalue weighted by Gasteiger charge is -2.33. The minimum Gasteiger partial charge on any atom is -0.368 e. The predicted molar refractivity (Wildman–Crippen MR) is 86.3 cm³/mol. The first kappa shape index (κ1) is 13.8. The minimum absolute atomic E-state index is 0.335. The second kappa shape index (κ2) is 5.69. The Morgan fingerprint density at radius 2 is 1.67 bits per heavy atom. The van der Waals surface area contributed by atoms with Gasteiger partial charge in [0.1, 0.15) is 5.82 Å². The summed E-state index contributed by atoms with van der Waals surface area (Å²) in [5, 5.41) is 0. The van der Waals surface area contributed by atoms with Crippen LogP contribution in [0.1, 0.15) is 5.56 Å². The molecule has 1 saturated heterocycles. The maximum atomic E-state index is 5.90. The summed E-state index contributed by atoms with van der Waals surface area (Å²) in [5.41, 5.74) is 9.10. The van der Waals surface area contributed by atoms with Crippen molar-refractivity contribution >= 4 is 11.8 Å². The Kier molecular flexibility index (Phi) is 3.75. The second-order valence-electron chi connectivity index (χ2n) is 5.63. The van der Waals surface area contributed by atoms with E-state index < -0.39 is 0 Å². The van der Waals surface area contributed by atoms with Gasteiger partial charge in [0.2, 0.25) is 5.95 Å². The molecule has 0 bridgehead atoms. The van der Waals surface area contributed by atoms with Crippen LogP contribution in [0, 0.1) is 6.92 Å². The van der Waals surface area contributed by atoms with Crippen LogP contribution in [-0.2, 0) is 0 Å². The Morgan fingerprint density at radius 3 is 2.33 bits per heavy atom. The molecular formula is C16H21N5. The fourth-order valence-electron chi connectivity index (χ4n) is 2.52. The van der Waals surface area contributed by atoms with Crippen molar-refractivity contribution in [3.05, 3.63) is 35.9 Å². The number of piperazine rings is 1. The lowest BCUT2D eigenvalue weighted by Crippen LogP contribution is -2.44. The quantitative estimate of drug-likeness (QED) is 0.910. The third kappa shape index (κ3) is 3.13. The highest BCUT2D eigenvalue weighted by atomic mass is 15.3. The minimum atomic E-state index is 0.335. The molecule has 110 valence electrons. The van der Waals surface area contributed by atoms with Crippen LogP contribution in [0.15, 0.2) is 30.3 Å². The fraction of sp³-hybridized carbons (Fsp3) is 0.375. The highest BCUT2D eigenvalue weighted by Gasteiger charge is 2.17. The molecule has 0 aliphatic carbocycles. The van der Waals surface area contributed by atoms with Crippen molar-refractivity contribution in [2.24, 2.45) is 0 Å². The summed E-state index contributed by atoms with van der Waals surface area (Å²) >= 11 is 0. The van der Waals surface area contributed by atoms with Crippen molar-refractivity contribution < 1.29 is 0 Å². The van der Waals surface area contributed by atoms with E-state index in [4.69, 9.17) is 5.73 Å². The van der Waals surface area contributed by atoms with Gasteiger partial charge in [-0.1, -0.05) is 29.8 Å². The highest BCUT2D eigenvalue weighted by molar-refractivity contribution is 5.64. The van der Waals surface area contributed by atoms with Gasteiger partial charge in [0.05, 0.1) is 5.69 Å². The summed E-state index contributed by atoms with van der Waals surface area (Å²) < 4.78 is 0. The molecule has 0 unspecified atom stereocenters. The average Bonchev–Trinajstić information content (AvgIpc) is 2.48. The third-order valence-corrected chi connectivity index (χ3v) is 3.90. The second-order valence-corrected chi connectivity index (χ2v) is 5.63. The maximum absolute atomic E-state index is 5.90. The van der Waals surface area contributed by atoms with Crippen LogP contribution in [-0.4, -0.2) is 48.1 Å². The lowest BCUT2D eigenvalue weighted by atomic mass is 10.1. The molecule has 0 radical (unpaired) electrons. The molecule has 1 aromatic heterocycles. The van der Waals surface area contributed by atoms with Crippen LogP contribution in [0.2, 0.25) is 0 Å². The van der Waals surface area contributed by atoms with Gasteiger partial charge < -0.3 is 15.5 Å². The van der Waals surface area contributed by atoms with Gasteiger partial charge in [-0.15, -0.1) is 0 Å². The van der Waals surface area contributed by atoms with Crippen molar-refractivity contribution in [1.29, 1.82) is 0 Å². The van der Waals surface area contributed by atoms with Gasteiger partial charge in [-0.3, -0.25) is 0 Å². The molecule has 21 heavy (non-hydrogen) atoms. The molecule has 1 aromatic carbocycles. The summed E-state index contributed by atoms with van der Waals surface area (Å²) in [6, 6.07) is 10.4. The van der Waals surface area contributed by atoms with Crippen molar-refractivity contribution in [2.45, 2.75) is 6.92 Å². The van der Waals surface area contributed by atoms with E-state index in [1.807, 2.05) is 6.07 Å². The normalized spacial score (nSPS) is 16.2. The van der Waals surface area contributed by atoms with Crippen LogP contribution in [0.4, 0.5) is 11.8 Å². The number of hydrogen-bond acceptors (Lipinski definition) is 5. The number of nitrogens with zero attached hydrogens (tertiary/aromatic N) is 4. The average molecular weight is 283 g/mol. The molecule has 2 aromatic rings. The maximum Gasteiger partial charge on any atom is 0.222 e. The number of rotatable bonds is 2. The number of aromatic nitrogens is 2. The Balaban J connectivity index is 1.91. The molecule has 1 fully saturated rings. The molecule has 2 N–H and O–H groups in total. The molecule has 5 heteroatoms. The predicted octanol–water partition coefficient (Wildman–Crippen LogP) is 1.79. The number of nitrogens with two attached hydrogens (primary N) is 1. The summed E-state index contributed by atoms with van der Waals surface area (Å²) in [4.78, 5) is 13.4. The highest BCUT2D eigenvalue weighted by Crippen LogP contribution is 2.23. The molecule has 0 spiro atoms. The van der Waals surface area contributed by atoms with E-state index in [1.54, 1.807) is 0 Å². The molecule has 2 heterocycles. The van der Waals surface area contributed by atoms with Crippen molar-refractivity contribution in [1.82, 2.24) is 14.9 Å². The molecular weight excluding hydrogens is 262 g/mol. The number of nitrogen functional groups attached to an aromatic ring is 1. The van der Waals surface area contributed by atoms with Gasteiger partial charge in [-0.2, -0.15) is 4.98 Å². The molecule has 0 amide bonds. The molecule has 5 nitrogen and oxygen atoms in total. The van der Waals surface area contributed by atoms with Gasteiger partial charge in [-0.05, 0) is 14.0 Å². The lowest BCUT2D eigenvalue weighted by molar-refractivity contribution is 0.312. The van der Waals surface area contributed by atoms with Crippen LogP contribution in [0.5, 0.6) is 0 Å². The third-order valence-electron chi connectivity index (χ3n) is 3.90. The van der Waals surface area contributed by atoms with Gasteiger partial charge in [0, 0.05) is 37.8 Å². The number of anilines is 2. The first-order chi connectivity index (χ1) is 10.1. The SMILES string of the molecule is Cc1ccc(-c2cc(N3CCN(C)CC3)nc(N)n2)cc1. The Labute approximate surface area is 125 Å². The van der Waals surface area contributed by atoms with Crippen LogP contribution in [0.25, 0.3) is 11.3 Å². The summed E-state index contributed by atoms with van der Waals surface area (Å²) in [6.45, 7) is 6.11. The Bertz CT molecular complexity index is 615. The Hall–Kier alpha value is -2.14. The zero-order valence-corrected chi connectivity index (χ0v) is 12.6. The van der Waals surface area contributed by atoms with Gasteiger partial charge in [0.25, 0.3) is 0 Å². The Morgan fingerprint density at radius 1 is 1.00 bits per heavy atom. The molecule has 0 atom stereocenters. The topological polar surface area (TPSA) is 58.3 Å². The standard InChI is InChI=1S/C16H21N5/c1-12-3-5-13(6-4-12)14-11-15(19-16(17)18-14)21-9-7-20(2)8-10-21/h3-6,11H,7-10H2,1-2H3,(H2,17,18,19).